The van der Waals surface area contributed by atoms with Crippen LogP contribution in [0.3, 0.4) is 0 Å². The molecule has 3 heteroatoms. The van der Waals surface area contributed by atoms with Gasteiger partial charge in [-0.2, -0.15) is 0 Å². The van der Waals surface area contributed by atoms with Gasteiger partial charge in [-0.1, -0.05) is 40.5 Å². The number of rotatable bonds is 7. The van der Waals surface area contributed by atoms with Crippen LogP contribution in [0.5, 0.6) is 0 Å². The Morgan fingerprint density at radius 3 is 2.33 bits per heavy atom. The molecular formula is C12H24O2S. The molecule has 0 saturated carbocycles. The Morgan fingerprint density at radius 1 is 1.33 bits per heavy atom. The van der Waals surface area contributed by atoms with E-state index in [-0.39, 0.29) is 11.2 Å². The summed E-state index contributed by atoms with van der Waals surface area (Å²) in [4.78, 5) is 11.5. The summed E-state index contributed by atoms with van der Waals surface area (Å²) in [6, 6.07) is 0. The Bertz CT molecular complexity index is 180. The molecule has 0 saturated heterocycles. The van der Waals surface area contributed by atoms with E-state index in [0.717, 1.165) is 19.3 Å². The summed E-state index contributed by atoms with van der Waals surface area (Å²) in [5, 5.41) is 0.526. The predicted molar refractivity (Wildman–Crippen MR) is 67.2 cm³/mol. The zero-order valence-corrected chi connectivity index (χ0v) is 11.4. The molecule has 0 aromatic heterocycles. The number of thioether (sulfide) groups is 1. The van der Waals surface area contributed by atoms with E-state index < -0.39 is 0 Å². The van der Waals surface area contributed by atoms with E-state index in [0.29, 0.717) is 11.2 Å². The van der Waals surface area contributed by atoms with Crippen LogP contribution in [0.4, 0.5) is 0 Å². The second-order valence-corrected chi connectivity index (χ2v) is 5.82. The van der Waals surface area contributed by atoms with E-state index in [2.05, 4.69) is 27.7 Å². The summed E-state index contributed by atoms with van der Waals surface area (Å²) in [5.41, 5.74) is 0. The van der Waals surface area contributed by atoms with Crippen molar-refractivity contribution in [2.45, 2.75) is 57.5 Å². The number of esters is 1. The molecule has 15 heavy (non-hydrogen) atoms. The quantitative estimate of drug-likeness (QED) is 0.628. The minimum atomic E-state index is -0.0686. The lowest BCUT2D eigenvalue weighted by atomic mass is 10.1. The molecule has 0 spiro atoms. The van der Waals surface area contributed by atoms with Gasteiger partial charge in [0.1, 0.15) is 5.25 Å². The van der Waals surface area contributed by atoms with E-state index >= 15 is 0 Å². The molecule has 0 bridgehead atoms. The lowest BCUT2D eigenvalue weighted by Gasteiger charge is -2.21. The first kappa shape index (κ1) is 14.8. The van der Waals surface area contributed by atoms with Gasteiger partial charge >= 0.3 is 5.97 Å². The number of carbonyl (C=O) groups excluding carboxylic acids is 1. The van der Waals surface area contributed by atoms with Gasteiger partial charge in [-0.3, -0.25) is 4.79 Å². The summed E-state index contributed by atoms with van der Waals surface area (Å²) in [6.07, 6.45) is 3.16. The maximum atomic E-state index is 11.5. The maximum absolute atomic E-state index is 11.5. The fourth-order valence-corrected chi connectivity index (χ4v) is 2.52. The van der Waals surface area contributed by atoms with Gasteiger partial charge in [0.25, 0.3) is 0 Å². The zero-order valence-electron chi connectivity index (χ0n) is 10.6. The highest BCUT2D eigenvalue weighted by Gasteiger charge is 2.23. The summed E-state index contributed by atoms with van der Waals surface area (Å²) < 4.78 is 4.83. The van der Waals surface area contributed by atoms with Crippen molar-refractivity contribution in [2.75, 3.05) is 7.11 Å². The molecule has 0 heterocycles. The molecule has 0 amide bonds. The van der Waals surface area contributed by atoms with Gasteiger partial charge in [0.15, 0.2) is 0 Å². The normalized spacial score (nSPS) is 15.1. The number of hydrogen-bond donors (Lipinski definition) is 0. The molecule has 0 rings (SSSR count). The van der Waals surface area contributed by atoms with Gasteiger partial charge in [-0.15, -0.1) is 11.8 Å². The number of carbonyl (C=O) groups is 1. The molecule has 0 aromatic rings. The minimum absolute atomic E-state index is 0.0207. The van der Waals surface area contributed by atoms with Gasteiger partial charge in [0.2, 0.25) is 0 Å². The van der Waals surface area contributed by atoms with E-state index in [1.165, 1.54) is 7.11 Å². The van der Waals surface area contributed by atoms with Crippen LogP contribution < -0.4 is 0 Å². The van der Waals surface area contributed by atoms with Crippen molar-refractivity contribution in [2.24, 2.45) is 5.92 Å². The highest BCUT2D eigenvalue weighted by molar-refractivity contribution is 8.01. The van der Waals surface area contributed by atoms with E-state index in [4.69, 9.17) is 4.74 Å². The zero-order chi connectivity index (χ0) is 11.8. The van der Waals surface area contributed by atoms with Gasteiger partial charge in [0, 0.05) is 5.25 Å². The average molecular weight is 232 g/mol. The Kier molecular flexibility index (Phi) is 7.93. The third-order valence-electron chi connectivity index (χ3n) is 2.60. The van der Waals surface area contributed by atoms with Crippen molar-refractivity contribution < 1.29 is 9.53 Å². The van der Waals surface area contributed by atoms with Gasteiger partial charge < -0.3 is 4.74 Å². The van der Waals surface area contributed by atoms with Crippen LogP contribution in [0.1, 0.15) is 47.0 Å². The number of unbranched alkanes of at least 4 members (excludes halogenated alkanes) is 1. The Hall–Kier alpha value is -0.180. The second kappa shape index (κ2) is 8.03. The maximum Gasteiger partial charge on any atom is 0.318 e. The highest BCUT2D eigenvalue weighted by Crippen LogP contribution is 2.27. The van der Waals surface area contributed by atoms with Crippen molar-refractivity contribution in [3.8, 4) is 0 Å². The molecule has 2 atom stereocenters. The number of ether oxygens (including phenoxy) is 1. The highest BCUT2D eigenvalue weighted by atomic mass is 32.2. The third-order valence-corrected chi connectivity index (χ3v) is 4.33. The Morgan fingerprint density at radius 2 is 1.93 bits per heavy atom. The first-order chi connectivity index (χ1) is 7.02. The Labute approximate surface area is 98.2 Å². The molecule has 2 nitrogen and oxygen atoms in total. The van der Waals surface area contributed by atoms with E-state index in [1.54, 1.807) is 11.8 Å². The SMILES string of the molecule is CCCCC(SC(C)C(C)C)C(=O)OC. The van der Waals surface area contributed by atoms with E-state index in [9.17, 15) is 4.79 Å². The molecule has 2 unspecified atom stereocenters. The molecule has 0 fully saturated rings. The van der Waals surface area contributed by atoms with E-state index in [1.807, 2.05) is 0 Å². The smallest absolute Gasteiger partial charge is 0.318 e. The van der Waals surface area contributed by atoms with Crippen LogP contribution in [0.25, 0.3) is 0 Å². The number of hydrogen-bond acceptors (Lipinski definition) is 3. The molecule has 0 aliphatic heterocycles. The fourth-order valence-electron chi connectivity index (χ4n) is 1.18. The standard InChI is InChI=1S/C12H24O2S/c1-6-7-8-11(12(13)14-5)15-10(4)9(2)3/h9-11H,6-8H2,1-5H3. The van der Waals surface area contributed by atoms with Crippen molar-refractivity contribution in [1.82, 2.24) is 0 Å². The molecule has 0 aliphatic carbocycles. The molecule has 0 aromatic carbocycles. The monoisotopic (exact) mass is 232 g/mol. The number of methoxy groups -OCH3 is 1. The summed E-state index contributed by atoms with van der Waals surface area (Å²) in [7, 11) is 1.47. The third kappa shape index (κ3) is 6.08. The van der Waals surface area contributed by atoms with Gasteiger partial charge in [-0.05, 0) is 12.3 Å². The van der Waals surface area contributed by atoms with Gasteiger partial charge in [-0.25, -0.2) is 0 Å². The Balaban J connectivity index is 4.17. The van der Waals surface area contributed by atoms with Gasteiger partial charge in [0.05, 0.1) is 7.11 Å². The van der Waals surface area contributed by atoms with Crippen molar-refractivity contribution in [3.05, 3.63) is 0 Å². The average Bonchev–Trinajstić information content (AvgIpc) is 2.22. The summed E-state index contributed by atoms with van der Waals surface area (Å²) >= 11 is 1.75. The topological polar surface area (TPSA) is 26.3 Å². The lowest BCUT2D eigenvalue weighted by Crippen LogP contribution is -2.23. The first-order valence-corrected chi connectivity index (χ1v) is 6.70. The predicted octanol–water partition coefficient (Wildman–Crippen LogP) is 3.50. The molecular weight excluding hydrogens is 208 g/mol. The summed E-state index contributed by atoms with van der Waals surface area (Å²) in [6.45, 7) is 8.69. The largest absolute Gasteiger partial charge is 0.468 e. The molecule has 0 aliphatic rings. The van der Waals surface area contributed by atoms with Crippen LogP contribution in [-0.2, 0) is 9.53 Å². The fraction of sp³-hybridized carbons (Fsp3) is 0.917. The second-order valence-electron chi connectivity index (χ2n) is 4.24. The van der Waals surface area contributed by atoms with Crippen LogP contribution in [0.2, 0.25) is 0 Å². The van der Waals surface area contributed by atoms with Crippen molar-refractivity contribution in [3.63, 3.8) is 0 Å². The molecule has 90 valence electrons. The minimum Gasteiger partial charge on any atom is -0.468 e. The van der Waals surface area contributed by atoms with Crippen LogP contribution in [0.15, 0.2) is 0 Å². The van der Waals surface area contributed by atoms with Crippen LogP contribution >= 0.6 is 11.8 Å². The first-order valence-electron chi connectivity index (χ1n) is 5.76. The molecule has 0 N–H and O–H groups in total. The molecule has 0 radical (unpaired) electrons. The van der Waals surface area contributed by atoms with Crippen LogP contribution in [-0.4, -0.2) is 23.6 Å². The van der Waals surface area contributed by atoms with Crippen molar-refractivity contribution in [1.29, 1.82) is 0 Å². The van der Waals surface area contributed by atoms with Crippen molar-refractivity contribution >= 4 is 17.7 Å². The van der Waals surface area contributed by atoms with Crippen LogP contribution in [0, 0.1) is 5.92 Å². The lowest BCUT2D eigenvalue weighted by molar-refractivity contribution is -0.140. The summed E-state index contributed by atoms with van der Waals surface area (Å²) in [5.74, 6) is 0.532.